The van der Waals surface area contributed by atoms with Crippen LogP contribution >= 0.6 is 0 Å². The molecule has 0 spiro atoms. The summed E-state index contributed by atoms with van der Waals surface area (Å²) in [4.78, 5) is 5.97. The number of nitrogens with zero attached hydrogens (tertiary/aromatic N) is 1. The van der Waals surface area contributed by atoms with Crippen LogP contribution in [0.25, 0.3) is 10.9 Å². The van der Waals surface area contributed by atoms with E-state index in [9.17, 15) is 0 Å². The quantitative estimate of drug-likeness (QED) is 0.819. The van der Waals surface area contributed by atoms with E-state index < -0.39 is 0 Å². The summed E-state index contributed by atoms with van der Waals surface area (Å²) in [6.45, 7) is 8.16. The molecule has 0 aliphatic carbocycles. The molecule has 20 heavy (non-hydrogen) atoms. The van der Waals surface area contributed by atoms with Crippen LogP contribution in [0.1, 0.15) is 24.0 Å². The molecule has 0 radical (unpaired) electrons. The van der Waals surface area contributed by atoms with Crippen LogP contribution < -0.4 is 5.32 Å². The van der Waals surface area contributed by atoms with Crippen molar-refractivity contribution in [2.75, 3.05) is 32.7 Å². The van der Waals surface area contributed by atoms with Crippen molar-refractivity contribution < 1.29 is 0 Å². The maximum atomic E-state index is 3.41. The average Bonchev–Trinajstić information content (AvgIpc) is 2.87. The van der Waals surface area contributed by atoms with Gasteiger partial charge in [-0.1, -0.05) is 11.6 Å². The van der Waals surface area contributed by atoms with Gasteiger partial charge < -0.3 is 15.2 Å². The van der Waals surface area contributed by atoms with E-state index in [0.29, 0.717) is 0 Å². The molecule has 1 aliphatic heterocycles. The van der Waals surface area contributed by atoms with Crippen LogP contribution in [0.2, 0.25) is 0 Å². The summed E-state index contributed by atoms with van der Waals surface area (Å²) < 4.78 is 0. The summed E-state index contributed by atoms with van der Waals surface area (Å²) in [6.07, 6.45) is 5.97. The molecule has 108 valence electrons. The highest BCUT2D eigenvalue weighted by Gasteiger charge is 2.09. The average molecular weight is 271 g/mol. The Hall–Kier alpha value is -1.32. The van der Waals surface area contributed by atoms with Crippen molar-refractivity contribution in [1.29, 1.82) is 0 Å². The smallest absolute Gasteiger partial charge is 0.0456 e. The van der Waals surface area contributed by atoms with Crippen LogP contribution in [0, 0.1) is 6.92 Å². The Morgan fingerprint density at radius 3 is 2.85 bits per heavy atom. The van der Waals surface area contributed by atoms with E-state index in [1.165, 1.54) is 60.9 Å². The zero-order valence-corrected chi connectivity index (χ0v) is 12.4. The number of H-pyrrole nitrogens is 1. The largest absolute Gasteiger partial charge is 0.361 e. The van der Waals surface area contributed by atoms with E-state index in [1.807, 2.05) is 0 Å². The molecule has 1 aromatic heterocycles. The fraction of sp³-hybridized carbons (Fsp3) is 0.529. The number of nitrogens with one attached hydrogen (secondary N) is 2. The van der Waals surface area contributed by atoms with Crippen LogP contribution in [-0.4, -0.2) is 42.6 Å². The molecule has 3 nitrogen and oxygen atoms in total. The lowest BCUT2D eigenvalue weighted by atomic mass is 10.1. The number of aryl methyl sites for hydroxylation is 2. The van der Waals surface area contributed by atoms with Crippen molar-refractivity contribution in [1.82, 2.24) is 15.2 Å². The summed E-state index contributed by atoms with van der Waals surface area (Å²) in [5, 5.41) is 4.82. The monoisotopic (exact) mass is 271 g/mol. The number of fused-ring (bicyclic) bond motifs is 1. The fourth-order valence-electron chi connectivity index (χ4n) is 3.08. The minimum Gasteiger partial charge on any atom is -0.361 e. The van der Waals surface area contributed by atoms with Gasteiger partial charge >= 0.3 is 0 Å². The number of rotatable bonds is 5. The molecule has 2 N–H and O–H groups in total. The van der Waals surface area contributed by atoms with E-state index in [1.54, 1.807) is 0 Å². The van der Waals surface area contributed by atoms with E-state index in [2.05, 4.69) is 46.5 Å². The van der Waals surface area contributed by atoms with Crippen LogP contribution in [0.15, 0.2) is 24.4 Å². The maximum Gasteiger partial charge on any atom is 0.0456 e. The van der Waals surface area contributed by atoms with Crippen LogP contribution in [-0.2, 0) is 6.42 Å². The topological polar surface area (TPSA) is 31.1 Å². The number of aromatic amines is 1. The molecule has 1 fully saturated rings. The standard InChI is InChI=1S/C17H25N3/c1-14-5-6-17-16(12-14)15(13-19-17)4-2-3-9-20-10-7-18-8-11-20/h5-6,12-13,18-19H,2-4,7-11H2,1H3. The molecule has 1 aliphatic rings. The SMILES string of the molecule is Cc1ccc2[nH]cc(CCCCN3CCNCC3)c2c1. The summed E-state index contributed by atoms with van der Waals surface area (Å²) in [6, 6.07) is 6.67. The number of aromatic nitrogens is 1. The molecule has 3 rings (SSSR count). The lowest BCUT2D eigenvalue weighted by Crippen LogP contribution is -2.43. The second-order valence-electron chi connectivity index (χ2n) is 5.91. The highest BCUT2D eigenvalue weighted by Crippen LogP contribution is 2.21. The molecule has 3 heteroatoms. The van der Waals surface area contributed by atoms with Gasteiger partial charge in [0, 0.05) is 43.3 Å². The predicted octanol–water partition coefficient (Wildman–Crippen LogP) is 2.70. The molecule has 0 bridgehead atoms. The third-order valence-electron chi connectivity index (χ3n) is 4.30. The van der Waals surface area contributed by atoms with Gasteiger partial charge in [-0.15, -0.1) is 0 Å². The van der Waals surface area contributed by atoms with Gasteiger partial charge in [-0.05, 0) is 50.4 Å². The summed E-state index contributed by atoms with van der Waals surface area (Å²) in [7, 11) is 0. The van der Waals surface area contributed by atoms with Crippen molar-refractivity contribution >= 4 is 10.9 Å². The van der Waals surface area contributed by atoms with E-state index in [4.69, 9.17) is 0 Å². The molecule has 1 aromatic carbocycles. The summed E-state index contributed by atoms with van der Waals surface area (Å²) in [5.41, 5.74) is 4.09. The van der Waals surface area contributed by atoms with Crippen LogP contribution in [0.3, 0.4) is 0 Å². The molecule has 0 atom stereocenters. The van der Waals surface area contributed by atoms with Crippen molar-refractivity contribution in [3.8, 4) is 0 Å². The van der Waals surface area contributed by atoms with Crippen molar-refractivity contribution in [2.24, 2.45) is 0 Å². The third-order valence-corrected chi connectivity index (χ3v) is 4.30. The molecule has 0 amide bonds. The Balaban J connectivity index is 1.50. The Morgan fingerprint density at radius 2 is 2.00 bits per heavy atom. The minimum absolute atomic E-state index is 1.15. The van der Waals surface area contributed by atoms with Crippen LogP contribution in [0.4, 0.5) is 0 Å². The Bertz CT molecular complexity index is 552. The Kier molecular flexibility index (Phi) is 4.38. The number of hydrogen-bond acceptors (Lipinski definition) is 2. The molecule has 0 saturated carbocycles. The summed E-state index contributed by atoms with van der Waals surface area (Å²) in [5.74, 6) is 0. The van der Waals surface area contributed by atoms with Gasteiger partial charge in [0.05, 0.1) is 0 Å². The molecular formula is C17H25N3. The first-order valence-electron chi connectivity index (χ1n) is 7.82. The van der Waals surface area contributed by atoms with Crippen molar-refractivity contribution in [2.45, 2.75) is 26.2 Å². The fourth-order valence-corrected chi connectivity index (χ4v) is 3.08. The van der Waals surface area contributed by atoms with Gasteiger partial charge in [0.25, 0.3) is 0 Å². The van der Waals surface area contributed by atoms with Gasteiger partial charge in [-0.25, -0.2) is 0 Å². The van der Waals surface area contributed by atoms with Gasteiger partial charge in [0.2, 0.25) is 0 Å². The predicted molar refractivity (Wildman–Crippen MR) is 85.3 cm³/mol. The van der Waals surface area contributed by atoms with Crippen molar-refractivity contribution in [3.63, 3.8) is 0 Å². The molecular weight excluding hydrogens is 246 g/mol. The zero-order chi connectivity index (χ0) is 13.8. The highest BCUT2D eigenvalue weighted by atomic mass is 15.2. The second kappa shape index (κ2) is 6.42. The first kappa shape index (κ1) is 13.7. The lowest BCUT2D eigenvalue weighted by Gasteiger charge is -2.26. The Labute approximate surface area is 121 Å². The number of benzene rings is 1. The molecule has 2 aromatic rings. The normalized spacial score (nSPS) is 16.9. The first-order valence-corrected chi connectivity index (χ1v) is 7.82. The van der Waals surface area contributed by atoms with Crippen molar-refractivity contribution in [3.05, 3.63) is 35.5 Å². The molecule has 1 saturated heterocycles. The lowest BCUT2D eigenvalue weighted by molar-refractivity contribution is 0.237. The van der Waals surface area contributed by atoms with Gasteiger partial charge in [-0.3, -0.25) is 0 Å². The molecule has 0 unspecified atom stereocenters. The van der Waals surface area contributed by atoms with E-state index in [0.717, 1.165) is 13.1 Å². The third kappa shape index (κ3) is 3.22. The molecule has 2 heterocycles. The summed E-state index contributed by atoms with van der Waals surface area (Å²) >= 11 is 0. The number of piperazine rings is 1. The number of hydrogen-bond donors (Lipinski definition) is 2. The number of unbranched alkanes of at least 4 members (excludes halogenated alkanes) is 1. The first-order chi connectivity index (χ1) is 9.83. The van der Waals surface area contributed by atoms with E-state index >= 15 is 0 Å². The van der Waals surface area contributed by atoms with Crippen LogP contribution in [0.5, 0.6) is 0 Å². The highest BCUT2D eigenvalue weighted by molar-refractivity contribution is 5.83. The van der Waals surface area contributed by atoms with E-state index in [-0.39, 0.29) is 0 Å². The second-order valence-corrected chi connectivity index (χ2v) is 5.91. The zero-order valence-electron chi connectivity index (χ0n) is 12.4. The minimum atomic E-state index is 1.15. The Morgan fingerprint density at radius 1 is 1.15 bits per heavy atom. The van der Waals surface area contributed by atoms with Gasteiger partial charge in [-0.2, -0.15) is 0 Å². The van der Waals surface area contributed by atoms with Gasteiger partial charge in [0.15, 0.2) is 0 Å². The van der Waals surface area contributed by atoms with Gasteiger partial charge in [0.1, 0.15) is 0 Å². The maximum absolute atomic E-state index is 3.41.